The molecule has 0 unspecified atom stereocenters. The number of hydrogen-bond acceptors (Lipinski definition) is 2. The summed E-state index contributed by atoms with van der Waals surface area (Å²) in [5.74, 6) is -0.838. The quantitative estimate of drug-likeness (QED) is 0.876. The van der Waals surface area contributed by atoms with Gasteiger partial charge in [0.05, 0.1) is 5.56 Å². The van der Waals surface area contributed by atoms with Gasteiger partial charge in [0.2, 0.25) is 0 Å². The van der Waals surface area contributed by atoms with E-state index in [2.05, 4.69) is 0 Å². The highest BCUT2D eigenvalue weighted by molar-refractivity contribution is 5.95. The van der Waals surface area contributed by atoms with E-state index in [0.29, 0.717) is 24.3 Å². The van der Waals surface area contributed by atoms with Gasteiger partial charge in [-0.25, -0.2) is 4.39 Å². The minimum atomic E-state index is -0.499. The molecule has 21 heavy (non-hydrogen) atoms. The van der Waals surface area contributed by atoms with Crippen LogP contribution in [-0.2, 0) is 6.54 Å². The van der Waals surface area contributed by atoms with Crippen LogP contribution in [0.1, 0.15) is 28.4 Å². The van der Waals surface area contributed by atoms with Crippen molar-refractivity contribution in [3.63, 3.8) is 0 Å². The maximum Gasteiger partial charge on any atom is 0.257 e. The van der Waals surface area contributed by atoms with E-state index < -0.39 is 5.82 Å². The molecule has 0 atom stereocenters. The van der Waals surface area contributed by atoms with Crippen molar-refractivity contribution in [3.05, 3.63) is 65.0 Å². The highest BCUT2D eigenvalue weighted by Gasteiger charge is 2.20. The van der Waals surface area contributed by atoms with E-state index in [1.165, 1.54) is 12.1 Å². The van der Waals surface area contributed by atoms with E-state index in [1.54, 1.807) is 11.8 Å². The molecule has 0 aliphatic carbocycles. The fourth-order valence-electron chi connectivity index (χ4n) is 2.25. The van der Waals surface area contributed by atoms with Gasteiger partial charge in [0.25, 0.3) is 5.91 Å². The van der Waals surface area contributed by atoms with Crippen LogP contribution in [0, 0.1) is 12.7 Å². The van der Waals surface area contributed by atoms with Crippen LogP contribution in [0.25, 0.3) is 0 Å². The number of benzene rings is 2. The van der Waals surface area contributed by atoms with Gasteiger partial charge in [-0.1, -0.05) is 30.3 Å². The number of carbonyl (C=O) groups excluding carboxylic acids is 1. The third-order valence-corrected chi connectivity index (χ3v) is 3.39. The van der Waals surface area contributed by atoms with Crippen LogP contribution in [0.5, 0.6) is 0 Å². The van der Waals surface area contributed by atoms with Crippen LogP contribution in [0.4, 0.5) is 10.1 Å². The second kappa shape index (κ2) is 6.39. The predicted octanol–water partition coefficient (Wildman–Crippen LogP) is 3.38. The molecule has 4 heteroatoms. The molecule has 0 aliphatic rings. The molecule has 0 saturated carbocycles. The third-order valence-electron chi connectivity index (χ3n) is 3.39. The first-order chi connectivity index (χ1) is 10.0. The van der Waals surface area contributed by atoms with Gasteiger partial charge in [-0.2, -0.15) is 0 Å². The number of anilines is 1. The number of rotatable bonds is 4. The number of halogens is 1. The fourth-order valence-corrected chi connectivity index (χ4v) is 2.25. The summed E-state index contributed by atoms with van der Waals surface area (Å²) in [4.78, 5) is 14.1. The minimum absolute atomic E-state index is 0.0327. The standard InChI is InChI=1S/C17H19FN2O/c1-3-20(11-13-7-5-4-6-8-13)17(21)15-10-14(19)9-12(2)16(15)18/h4-10H,3,11,19H2,1-2H3. The van der Waals surface area contributed by atoms with E-state index >= 15 is 0 Å². The fraction of sp³-hybridized carbons (Fsp3) is 0.235. The highest BCUT2D eigenvalue weighted by atomic mass is 19.1. The number of carbonyl (C=O) groups is 1. The molecule has 0 radical (unpaired) electrons. The average Bonchev–Trinajstić information content (AvgIpc) is 2.49. The van der Waals surface area contributed by atoms with Gasteiger partial charge in [-0.15, -0.1) is 0 Å². The van der Waals surface area contributed by atoms with Crippen LogP contribution in [-0.4, -0.2) is 17.4 Å². The Labute approximate surface area is 124 Å². The Hall–Kier alpha value is -2.36. The molecule has 3 nitrogen and oxygen atoms in total. The molecule has 0 spiro atoms. The van der Waals surface area contributed by atoms with E-state index in [1.807, 2.05) is 37.3 Å². The smallest absolute Gasteiger partial charge is 0.257 e. The van der Waals surface area contributed by atoms with E-state index in [9.17, 15) is 9.18 Å². The summed E-state index contributed by atoms with van der Waals surface area (Å²) < 4.78 is 14.2. The van der Waals surface area contributed by atoms with Gasteiger partial charge in [-0.05, 0) is 37.1 Å². The largest absolute Gasteiger partial charge is 0.399 e. The lowest BCUT2D eigenvalue weighted by atomic mass is 10.1. The first kappa shape index (κ1) is 15.0. The number of aryl methyl sites for hydroxylation is 1. The van der Waals surface area contributed by atoms with Crippen LogP contribution in [0.3, 0.4) is 0 Å². The van der Waals surface area contributed by atoms with Gasteiger partial charge in [0, 0.05) is 18.8 Å². The van der Waals surface area contributed by atoms with E-state index in [4.69, 9.17) is 5.73 Å². The Morgan fingerprint density at radius 2 is 1.90 bits per heavy atom. The van der Waals surface area contributed by atoms with Crippen molar-refractivity contribution in [2.75, 3.05) is 12.3 Å². The number of amides is 1. The maximum absolute atomic E-state index is 14.2. The number of hydrogen-bond donors (Lipinski definition) is 1. The van der Waals surface area contributed by atoms with Crippen molar-refractivity contribution in [2.45, 2.75) is 20.4 Å². The van der Waals surface area contributed by atoms with Crippen molar-refractivity contribution < 1.29 is 9.18 Å². The van der Waals surface area contributed by atoms with Crippen molar-refractivity contribution in [2.24, 2.45) is 0 Å². The molecule has 2 N–H and O–H groups in total. The van der Waals surface area contributed by atoms with Crippen molar-refractivity contribution in [1.29, 1.82) is 0 Å². The third kappa shape index (κ3) is 3.40. The SMILES string of the molecule is CCN(Cc1ccccc1)C(=O)c1cc(N)cc(C)c1F. The highest BCUT2D eigenvalue weighted by Crippen LogP contribution is 2.19. The summed E-state index contributed by atoms with van der Waals surface area (Å²) in [7, 11) is 0. The van der Waals surface area contributed by atoms with Gasteiger partial charge < -0.3 is 10.6 Å². The molecular formula is C17H19FN2O. The number of nitrogens with zero attached hydrogens (tertiary/aromatic N) is 1. The molecular weight excluding hydrogens is 267 g/mol. The first-order valence-corrected chi connectivity index (χ1v) is 6.91. The predicted molar refractivity (Wildman–Crippen MR) is 82.4 cm³/mol. The molecule has 0 bridgehead atoms. The zero-order chi connectivity index (χ0) is 15.4. The van der Waals surface area contributed by atoms with E-state index in [-0.39, 0.29) is 11.5 Å². The Kier molecular flexibility index (Phi) is 4.58. The molecule has 2 aromatic carbocycles. The summed E-state index contributed by atoms with van der Waals surface area (Å²) in [5, 5.41) is 0. The van der Waals surface area contributed by atoms with Gasteiger partial charge >= 0.3 is 0 Å². The van der Waals surface area contributed by atoms with Gasteiger partial charge in [0.15, 0.2) is 0 Å². The molecule has 0 saturated heterocycles. The zero-order valence-electron chi connectivity index (χ0n) is 12.3. The molecule has 110 valence electrons. The Morgan fingerprint density at radius 3 is 2.52 bits per heavy atom. The van der Waals surface area contributed by atoms with E-state index in [0.717, 1.165) is 5.56 Å². The summed E-state index contributed by atoms with van der Waals surface area (Å²) in [6.45, 7) is 4.43. The van der Waals surface area contributed by atoms with Gasteiger partial charge in [-0.3, -0.25) is 4.79 Å². The van der Waals surface area contributed by atoms with Crippen LogP contribution < -0.4 is 5.73 Å². The minimum Gasteiger partial charge on any atom is -0.399 e. The van der Waals surface area contributed by atoms with Crippen LogP contribution >= 0.6 is 0 Å². The Morgan fingerprint density at radius 1 is 1.24 bits per heavy atom. The first-order valence-electron chi connectivity index (χ1n) is 6.91. The average molecular weight is 286 g/mol. The van der Waals surface area contributed by atoms with Crippen LogP contribution in [0.15, 0.2) is 42.5 Å². The summed E-state index contributed by atoms with van der Waals surface area (Å²) in [6, 6.07) is 12.6. The Balaban J connectivity index is 2.29. The van der Waals surface area contributed by atoms with Crippen molar-refractivity contribution in [1.82, 2.24) is 4.90 Å². The lowest BCUT2D eigenvalue weighted by Gasteiger charge is -2.22. The van der Waals surface area contributed by atoms with Crippen LogP contribution in [0.2, 0.25) is 0 Å². The molecule has 2 aromatic rings. The lowest BCUT2D eigenvalue weighted by molar-refractivity contribution is 0.0747. The summed E-state index contributed by atoms with van der Waals surface area (Å²) in [6.07, 6.45) is 0. The second-order valence-corrected chi connectivity index (χ2v) is 5.00. The molecule has 0 heterocycles. The summed E-state index contributed by atoms with van der Waals surface area (Å²) in [5.41, 5.74) is 7.54. The van der Waals surface area contributed by atoms with Crippen molar-refractivity contribution >= 4 is 11.6 Å². The molecule has 1 amide bonds. The van der Waals surface area contributed by atoms with Crippen molar-refractivity contribution in [3.8, 4) is 0 Å². The molecule has 2 rings (SSSR count). The normalized spacial score (nSPS) is 10.4. The van der Waals surface area contributed by atoms with Gasteiger partial charge in [0.1, 0.15) is 5.82 Å². The zero-order valence-corrected chi connectivity index (χ0v) is 12.3. The molecule has 0 aromatic heterocycles. The molecule has 0 aliphatic heterocycles. The monoisotopic (exact) mass is 286 g/mol. The number of nitrogen functional groups attached to an aromatic ring is 1. The summed E-state index contributed by atoms with van der Waals surface area (Å²) >= 11 is 0. The maximum atomic E-state index is 14.2. The number of nitrogens with two attached hydrogens (primary N) is 1. The molecule has 0 fully saturated rings. The topological polar surface area (TPSA) is 46.3 Å². The lowest BCUT2D eigenvalue weighted by Crippen LogP contribution is -2.31. The second-order valence-electron chi connectivity index (χ2n) is 5.00. The Bertz CT molecular complexity index is 641.